The Bertz CT molecular complexity index is 709. The lowest BCUT2D eigenvalue weighted by Gasteiger charge is -2.10. The molecule has 0 amide bonds. The van der Waals surface area contributed by atoms with Crippen molar-refractivity contribution in [2.24, 2.45) is 0 Å². The third-order valence-electron chi connectivity index (χ3n) is 10.3. The average molecular weight is 627 g/mol. The Morgan fingerprint density at radius 2 is 0.622 bits per heavy atom. The van der Waals surface area contributed by atoms with Crippen LogP contribution in [0, 0.1) is 0 Å². The fraction of sp³-hybridized carbons (Fsp3) is 0.886. The number of nitrogens with zero attached hydrogens (tertiary/aromatic N) is 1. The van der Waals surface area contributed by atoms with E-state index in [-0.39, 0.29) is 0 Å². The van der Waals surface area contributed by atoms with Crippen molar-refractivity contribution < 1.29 is 4.57 Å². The third kappa shape index (κ3) is 27.9. The fourth-order valence-corrected chi connectivity index (χ4v) is 7.14. The Balaban J connectivity index is 2.28. The number of hydrogen-bond donors (Lipinski definition) is 0. The van der Waals surface area contributed by atoms with Gasteiger partial charge in [-0.3, -0.25) is 0 Å². The smallest absolute Gasteiger partial charge is 0.172 e. The van der Waals surface area contributed by atoms with Gasteiger partial charge < -0.3 is 0 Å². The van der Waals surface area contributed by atoms with Crippen LogP contribution >= 0.6 is 0 Å². The molecule has 1 heterocycles. The maximum absolute atomic E-state index is 2.55. The highest BCUT2D eigenvalue weighted by atomic mass is 14.9. The number of aromatic nitrogens is 1. The average Bonchev–Trinajstić information content (AvgIpc) is 3.05. The molecule has 0 aromatic carbocycles. The van der Waals surface area contributed by atoms with Crippen molar-refractivity contribution in [3.63, 3.8) is 0 Å². The minimum absolute atomic E-state index is 1.21. The van der Waals surface area contributed by atoms with E-state index in [1.54, 1.807) is 11.1 Å². The summed E-state index contributed by atoms with van der Waals surface area (Å²) in [4.78, 5) is 0. The minimum Gasteiger partial charge on any atom is -0.205 e. The topological polar surface area (TPSA) is 3.88 Å². The molecule has 0 fully saturated rings. The van der Waals surface area contributed by atoms with Gasteiger partial charge >= 0.3 is 0 Å². The highest BCUT2D eigenvalue weighted by Gasteiger charge is 2.10. The number of pyridine rings is 1. The lowest BCUT2D eigenvalue weighted by molar-refractivity contribution is -0.697. The Kier molecular flexibility index (Phi) is 32.3. The molecule has 0 N–H and O–H groups in total. The molecule has 0 radical (unpaired) electrons. The maximum atomic E-state index is 2.55. The molecule has 0 atom stereocenters. The molecule has 1 heteroatoms. The molecule has 45 heavy (non-hydrogen) atoms. The number of hydrogen-bond acceptors (Lipinski definition) is 0. The second kappa shape index (κ2) is 34.5. The Labute approximate surface area is 285 Å². The molecule has 0 unspecified atom stereocenters. The fourth-order valence-electron chi connectivity index (χ4n) is 7.14. The molecule has 0 aliphatic carbocycles. The molecule has 0 saturated heterocycles. The zero-order chi connectivity index (χ0) is 32.3. The summed E-state index contributed by atoms with van der Waals surface area (Å²) in [6.45, 7) is 8.15. The third-order valence-corrected chi connectivity index (χ3v) is 10.3. The summed E-state index contributed by atoms with van der Waals surface area (Å²) in [5.41, 5.74) is 3.33. The summed E-state index contributed by atoms with van der Waals surface area (Å²) in [5, 5.41) is 0. The van der Waals surface area contributed by atoms with E-state index in [1.165, 1.54) is 231 Å². The quantitative estimate of drug-likeness (QED) is 0.0515. The van der Waals surface area contributed by atoms with Crippen molar-refractivity contribution in [3.8, 4) is 0 Å². The van der Waals surface area contributed by atoms with Crippen LogP contribution in [0.3, 0.4) is 0 Å². The van der Waals surface area contributed by atoms with Gasteiger partial charge in [-0.1, -0.05) is 207 Å². The molecule has 0 aliphatic heterocycles. The van der Waals surface area contributed by atoms with E-state index in [0.717, 1.165) is 0 Å². The summed E-state index contributed by atoms with van der Waals surface area (Å²) in [5.74, 6) is 0. The van der Waals surface area contributed by atoms with E-state index in [1.807, 2.05) is 0 Å². The van der Waals surface area contributed by atoms with E-state index in [4.69, 9.17) is 0 Å². The molecule has 1 rings (SSSR count). The van der Waals surface area contributed by atoms with Crippen molar-refractivity contribution in [3.05, 3.63) is 29.6 Å². The summed E-state index contributed by atoms with van der Waals surface area (Å²) in [6.07, 6.45) is 54.8. The van der Waals surface area contributed by atoms with Crippen molar-refractivity contribution in [1.82, 2.24) is 0 Å². The van der Waals surface area contributed by atoms with Crippen LogP contribution in [0.1, 0.15) is 244 Å². The van der Waals surface area contributed by atoms with Gasteiger partial charge in [-0.25, -0.2) is 4.57 Å². The first-order valence-corrected chi connectivity index (χ1v) is 21.3. The van der Waals surface area contributed by atoms with Crippen LogP contribution in [0.5, 0.6) is 0 Å². The van der Waals surface area contributed by atoms with E-state index >= 15 is 0 Å². The largest absolute Gasteiger partial charge is 0.205 e. The predicted octanol–water partition coefficient (Wildman–Crippen LogP) is 15.0. The molecule has 0 bridgehead atoms. The van der Waals surface area contributed by atoms with Crippen molar-refractivity contribution in [2.45, 2.75) is 252 Å². The number of unbranched alkanes of at least 4 members (excludes halogenated alkanes) is 30. The van der Waals surface area contributed by atoms with Gasteiger partial charge in [0.1, 0.15) is 6.54 Å². The van der Waals surface area contributed by atoms with Crippen LogP contribution in [-0.2, 0) is 19.4 Å². The van der Waals surface area contributed by atoms with Crippen LogP contribution in [-0.4, -0.2) is 0 Å². The number of aryl methyl sites for hydroxylation is 3. The van der Waals surface area contributed by atoms with Crippen molar-refractivity contribution in [1.29, 1.82) is 0 Å². The van der Waals surface area contributed by atoms with Crippen LogP contribution < -0.4 is 4.57 Å². The molecule has 1 nitrogen and oxygen atoms in total. The zero-order valence-corrected chi connectivity index (χ0v) is 31.6. The molecular weight excluding hydrogens is 542 g/mol. The monoisotopic (exact) mass is 627 g/mol. The second-order valence-corrected chi connectivity index (χ2v) is 14.8. The molecular formula is C44H84N+. The van der Waals surface area contributed by atoms with Crippen molar-refractivity contribution in [2.75, 3.05) is 0 Å². The first-order chi connectivity index (χ1) is 22.3. The summed E-state index contributed by atoms with van der Waals surface area (Å²) >= 11 is 0. The van der Waals surface area contributed by atoms with Gasteiger partial charge in [0.05, 0.1) is 0 Å². The highest BCUT2D eigenvalue weighted by molar-refractivity contribution is 5.21. The van der Waals surface area contributed by atoms with Gasteiger partial charge in [0.15, 0.2) is 12.4 Å². The molecule has 0 saturated carbocycles. The maximum Gasteiger partial charge on any atom is 0.172 e. The Hall–Kier alpha value is -0.850. The molecule has 1 aromatic rings. The molecule has 1 aromatic heterocycles. The van der Waals surface area contributed by atoms with Crippen LogP contribution in [0.15, 0.2) is 18.5 Å². The Morgan fingerprint density at radius 3 is 0.978 bits per heavy atom. The predicted molar refractivity (Wildman–Crippen MR) is 203 cm³/mol. The summed E-state index contributed by atoms with van der Waals surface area (Å²) in [7, 11) is 0. The molecule has 0 aliphatic rings. The van der Waals surface area contributed by atoms with E-state index in [2.05, 4.69) is 43.8 Å². The molecule has 264 valence electrons. The SMILES string of the molecule is CCCCCCCCCCCCCCCCC[n+]1ccc(CCCCCCCCCCC)c(CCCCCCCCCCC)c1. The normalized spacial score (nSPS) is 11.5. The second-order valence-electron chi connectivity index (χ2n) is 14.8. The van der Waals surface area contributed by atoms with Gasteiger partial charge in [-0.05, 0) is 37.7 Å². The van der Waals surface area contributed by atoms with Gasteiger partial charge in [-0.2, -0.15) is 0 Å². The molecule has 0 spiro atoms. The van der Waals surface area contributed by atoms with Gasteiger partial charge in [0, 0.05) is 18.1 Å². The lowest BCUT2D eigenvalue weighted by Crippen LogP contribution is -2.34. The van der Waals surface area contributed by atoms with Crippen LogP contribution in [0.25, 0.3) is 0 Å². The van der Waals surface area contributed by atoms with Crippen LogP contribution in [0.4, 0.5) is 0 Å². The van der Waals surface area contributed by atoms with Gasteiger partial charge in [0.2, 0.25) is 0 Å². The van der Waals surface area contributed by atoms with E-state index in [9.17, 15) is 0 Å². The number of rotatable bonds is 36. The highest BCUT2D eigenvalue weighted by Crippen LogP contribution is 2.18. The van der Waals surface area contributed by atoms with E-state index in [0.29, 0.717) is 0 Å². The zero-order valence-electron chi connectivity index (χ0n) is 31.6. The Morgan fingerprint density at radius 1 is 0.333 bits per heavy atom. The lowest BCUT2D eigenvalue weighted by atomic mass is 9.97. The van der Waals surface area contributed by atoms with Crippen LogP contribution in [0.2, 0.25) is 0 Å². The standard InChI is InChI=1S/C44H84N/c1-4-7-10-13-16-19-20-21-22-23-24-27-30-33-36-40-45-41-39-43(37-34-31-28-25-17-14-11-8-5-2)44(42-45)38-35-32-29-26-18-15-12-9-6-3/h39,41-42H,4-38,40H2,1-3H3/q+1. The van der Waals surface area contributed by atoms with Gasteiger partial charge in [0.25, 0.3) is 0 Å². The van der Waals surface area contributed by atoms with E-state index < -0.39 is 0 Å². The van der Waals surface area contributed by atoms with Gasteiger partial charge in [-0.15, -0.1) is 0 Å². The summed E-state index contributed by atoms with van der Waals surface area (Å²) < 4.78 is 2.53. The van der Waals surface area contributed by atoms with Crippen molar-refractivity contribution >= 4 is 0 Å². The summed E-state index contributed by atoms with van der Waals surface area (Å²) in [6, 6.07) is 2.50. The first kappa shape index (κ1) is 42.2. The minimum atomic E-state index is 1.21. The first-order valence-electron chi connectivity index (χ1n) is 21.3.